The Morgan fingerprint density at radius 1 is 1.13 bits per heavy atom. The number of nitrogens with zero attached hydrogens (tertiary/aromatic N) is 1. The van der Waals surface area contributed by atoms with Gasteiger partial charge in [0.2, 0.25) is 0 Å². The number of carbonyl (C=O) groups excluding carboxylic acids is 1. The molecule has 1 saturated carbocycles. The second kappa shape index (κ2) is 10.4. The number of hydrogen-bond acceptors (Lipinski definition) is 4. The Kier molecular flexibility index (Phi) is 8.19. The van der Waals surface area contributed by atoms with E-state index in [2.05, 4.69) is 24.4 Å². The molecule has 5 nitrogen and oxygen atoms in total. The molecule has 0 radical (unpaired) electrons. The standard InChI is InChI=1S/C20H20N2O.C4H10O2S/c1-14-4-2-7-19(14)16-8-10-18(11-9-16)22-20(23)17-6-3-5-15(12-17)13-21;1-4(2)7(3,5)6/h3,5-6,8-12,14,19H,2,4,7H2,1H3,(H,22,23);4H,1-3H3. The second-order valence-corrected chi connectivity index (χ2v) is 10.8. The zero-order chi connectivity index (χ0) is 22.3. The van der Waals surface area contributed by atoms with Crippen molar-refractivity contribution in [3.63, 3.8) is 0 Å². The molecule has 2 unspecified atom stereocenters. The first-order valence-electron chi connectivity index (χ1n) is 10.2. The molecule has 2 aromatic carbocycles. The second-order valence-electron chi connectivity index (χ2n) is 8.16. The van der Waals surface area contributed by atoms with Crippen LogP contribution in [0.25, 0.3) is 0 Å². The average Bonchev–Trinajstić information content (AvgIpc) is 3.14. The van der Waals surface area contributed by atoms with E-state index in [4.69, 9.17) is 5.26 Å². The average molecular weight is 427 g/mol. The van der Waals surface area contributed by atoms with E-state index in [1.165, 1.54) is 31.1 Å². The van der Waals surface area contributed by atoms with Gasteiger partial charge in [0.1, 0.15) is 9.84 Å². The van der Waals surface area contributed by atoms with E-state index < -0.39 is 9.84 Å². The van der Waals surface area contributed by atoms with Crippen LogP contribution in [-0.4, -0.2) is 25.8 Å². The molecule has 0 heterocycles. The molecule has 3 rings (SSSR count). The molecule has 1 amide bonds. The number of nitriles is 1. The van der Waals surface area contributed by atoms with E-state index in [-0.39, 0.29) is 11.2 Å². The predicted octanol–water partition coefficient (Wildman–Crippen LogP) is 5.15. The Morgan fingerprint density at radius 3 is 2.27 bits per heavy atom. The van der Waals surface area contributed by atoms with Crippen LogP contribution in [0.15, 0.2) is 48.5 Å². The van der Waals surface area contributed by atoms with Gasteiger partial charge in [0.25, 0.3) is 5.91 Å². The number of rotatable bonds is 4. The van der Waals surface area contributed by atoms with Crippen LogP contribution >= 0.6 is 0 Å². The van der Waals surface area contributed by atoms with Crippen molar-refractivity contribution in [2.45, 2.75) is 51.2 Å². The van der Waals surface area contributed by atoms with Crippen LogP contribution in [0, 0.1) is 17.2 Å². The summed E-state index contributed by atoms with van der Waals surface area (Å²) < 4.78 is 20.7. The molecule has 0 saturated heterocycles. The van der Waals surface area contributed by atoms with Gasteiger partial charge in [0, 0.05) is 17.5 Å². The monoisotopic (exact) mass is 426 g/mol. The van der Waals surface area contributed by atoms with Gasteiger partial charge >= 0.3 is 0 Å². The molecule has 30 heavy (non-hydrogen) atoms. The lowest BCUT2D eigenvalue weighted by Crippen LogP contribution is -2.12. The van der Waals surface area contributed by atoms with Crippen LogP contribution < -0.4 is 5.32 Å². The fourth-order valence-electron chi connectivity index (χ4n) is 3.39. The Morgan fingerprint density at radius 2 is 1.77 bits per heavy atom. The van der Waals surface area contributed by atoms with Crippen molar-refractivity contribution in [2.75, 3.05) is 11.6 Å². The van der Waals surface area contributed by atoms with Crippen LogP contribution in [-0.2, 0) is 9.84 Å². The topological polar surface area (TPSA) is 87.0 Å². The first kappa shape index (κ1) is 23.6. The molecule has 160 valence electrons. The minimum Gasteiger partial charge on any atom is -0.322 e. The van der Waals surface area contributed by atoms with Crippen molar-refractivity contribution in [1.82, 2.24) is 0 Å². The molecule has 0 bridgehead atoms. The zero-order valence-corrected chi connectivity index (χ0v) is 18.9. The van der Waals surface area contributed by atoms with E-state index in [1.807, 2.05) is 18.2 Å². The molecule has 0 spiro atoms. The number of amides is 1. The van der Waals surface area contributed by atoms with Crippen LogP contribution in [0.2, 0.25) is 0 Å². The van der Waals surface area contributed by atoms with Crippen molar-refractivity contribution >= 4 is 21.4 Å². The first-order valence-corrected chi connectivity index (χ1v) is 12.2. The van der Waals surface area contributed by atoms with Gasteiger partial charge in [-0.05, 0) is 68.0 Å². The fourth-order valence-corrected chi connectivity index (χ4v) is 3.39. The smallest absolute Gasteiger partial charge is 0.255 e. The highest BCUT2D eigenvalue weighted by Crippen LogP contribution is 2.39. The normalized spacial score (nSPS) is 18.3. The molecule has 6 heteroatoms. The van der Waals surface area contributed by atoms with Crippen molar-refractivity contribution < 1.29 is 13.2 Å². The highest BCUT2D eigenvalue weighted by atomic mass is 32.2. The molecular formula is C24H30N2O3S. The molecule has 1 aliphatic carbocycles. The number of hydrogen-bond donors (Lipinski definition) is 1. The summed E-state index contributed by atoms with van der Waals surface area (Å²) in [7, 11) is -2.74. The lowest BCUT2D eigenvalue weighted by Gasteiger charge is -2.16. The van der Waals surface area contributed by atoms with Gasteiger partial charge in [-0.2, -0.15) is 5.26 Å². The van der Waals surface area contributed by atoms with Crippen molar-refractivity contribution in [3.8, 4) is 6.07 Å². The summed E-state index contributed by atoms with van der Waals surface area (Å²) in [4.78, 5) is 12.3. The SMILES string of the molecule is CC(C)S(C)(=O)=O.CC1CCCC1c1ccc(NC(=O)c2cccc(C#N)c2)cc1. The minimum atomic E-state index is -2.74. The number of anilines is 1. The number of nitrogens with one attached hydrogen (secondary N) is 1. The summed E-state index contributed by atoms with van der Waals surface area (Å²) >= 11 is 0. The number of carbonyl (C=O) groups is 1. The van der Waals surface area contributed by atoms with Crippen molar-refractivity contribution in [1.29, 1.82) is 5.26 Å². The molecule has 0 aromatic heterocycles. The van der Waals surface area contributed by atoms with E-state index in [0.717, 1.165) is 11.6 Å². The minimum absolute atomic E-state index is 0.191. The Labute approximate surface area is 180 Å². The van der Waals surface area contributed by atoms with Crippen LogP contribution in [0.4, 0.5) is 5.69 Å². The largest absolute Gasteiger partial charge is 0.322 e. The maximum absolute atomic E-state index is 12.3. The first-order chi connectivity index (χ1) is 14.1. The van der Waals surface area contributed by atoms with Gasteiger partial charge in [-0.15, -0.1) is 0 Å². The Hall–Kier alpha value is -2.65. The summed E-state index contributed by atoms with van der Waals surface area (Å²) in [5.41, 5.74) is 3.13. The number of benzene rings is 2. The third kappa shape index (κ3) is 6.70. The van der Waals surface area contributed by atoms with E-state index in [1.54, 1.807) is 38.1 Å². The molecule has 2 aromatic rings. The van der Waals surface area contributed by atoms with Gasteiger partial charge in [-0.25, -0.2) is 8.42 Å². The van der Waals surface area contributed by atoms with Gasteiger partial charge in [0.05, 0.1) is 16.9 Å². The number of sulfone groups is 1. The molecule has 1 aliphatic rings. The summed E-state index contributed by atoms with van der Waals surface area (Å²) in [6, 6.07) is 16.9. The highest BCUT2D eigenvalue weighted by Gasteiger charge is 2.24. The van der Waals surface area contributed by atoms with Crippen molar-refractivity contribution in [2.24, 2.45) is 5.92 Å². The summed E-state index contributed by atoms with van der Waals surface area (Å²) in [6.07, 6.45) is 5.10. The van der Waals surface area contributed by atoms with Crippen LogP contribution in [0.1, 0.15) is 67.4 Å². The molecule has 1 N–H and O–H groups in total. The van der Waals surface area contributed by atoms with Gasteiger partial charge in [-0.3, -0.25) is 4.79 Å². The Balaban J connectivity index is 0.000000396. The zero-order valence-electron chi connectivity index (χ0n) is 18.1. The van der Waals surface area contributed by atoms with E-state index in [0.29, 0.717) is 17.0 Å². The summed E-state index contributed by atoms with van der Waals surface area (Å²) in [6.45, 7) is 5.64. The van der Waals surface area contributed by atoms with E-state index in [9.17, 15) is 13.2 Å². The molecular weight excluding hydrogens is 396 g/mol. The van der Waals surface area contributed by atoms with Gasteiger partial charge in [0.15, 0.2) is 0 Å². The lowest BCUT2D eigenvalue weighted by molar-refractivity contribution is 0.102. The van der Waals surface area contributed by atoms with Crippen LogP contribution in [0.3, 0.4) is 0 Å². The fraction of sp³-hybridized carbons (Fsp3) is 0.417. The third-order valence-corrected chi connectivity index (χ3v) is 7.28. The maximum Gasteiger partial charge on any atom is 0.255 e. The quantitative estimate of drug-likeness (QED) is 0.732. The Bertz CT molecular complexity index is 1010. The van der Waals surface area contributed by atoms with Gasteiger partial charge in [-0.1, -0.05) is 38.0 Å². The van der Waals surface area contributed by atoms with Crippen molar-refractivity contribution in [3.05, 3.63) is 65.2 Å². The molecule has 2 atom stereocenters. The third-order valence-electron chi connectivity index (χ3n) is 5.57. The van der Waals surface area contributed by atoms with Crippen LogP contribution in [0.5, 0.6) is 0 Å². The predicted molar refractivity (Wildman–Crippen MR) is 121 cm³/mol. The lowest BCUT2D eigenvalue weighted by atomic mass is 9.90. The highest BCUT2D eigenvalue weighted by molar-refractivity contribution is 7.91. The maximum atomic E-state index is 12.3. The van der Waals surface area contributed by atoms with Gasteiger partial charge < -0.3 is 5.32 Å². The summed E-state index contributed by atoms with van der Waals surface area (Å²) in [5.74, 6) is 1.19. The van der Waals surface area contributed by atoms with E-state index >= 15 is 0 Å². The molecule has 0 aliphatic heterocycles. The summed E-state index contributed by atoms with van der Waals surface area (Å²) in [5, 5.41) is 11.6. The molecule has 1 fully saturated rings.